The van der Waals surface area contributed by atoms with Crippen LogP contribution < -0.4 is 0 Å². The van der Waals surface area contributed by atoms with E-state index in [0.717, 1.165) is 0 Å². The van der Waals surface area contributed by atoms with E-state index >= 15 is 0 Å². The van der Waals surface area contributed by atoms with Crippen LogP contribution in [-0.4, -0.2) is 54.2 Å². The van der Waals surface area contributed by atoms with E-state index in [4.69, 9.17) is 18.9 Å². The summed E-state index contributed by atoms with van der Waals surface area (Å²) in [4.78, 5) is 33.0. The van der Waals surface area contributed by atoms with Crippen LogP contribution >= 0.6 is 0 Å². The Labute approximate surface area is 115 Å². The van der Waals surface area contributed by atoms with Gasteiger partial charge in [0, 0.05) is 27.2 Å². The fourth-order valence-electron chi connectivity index (χ4n) is 1.91. The van der Waals surface area contributed by atoms with Gasteiger partial charge in [-0.15, -0.1) is 0 Å². The summed E-state index contributed by atoms with van der Waals surface area (Å²) in [5.41, 5.74) is 0. The Balaban J connectivity index is 2.82. The molecule has 0 aromatic rings. The predicted octanol–water partition coefficient (Wildman–Crippen LogP) is -0.480. The molecule has 0 spiro atoms. The second-order valence-electron chi connectivity index (χ2n) is 4.39. The Morgan fingerprint density at radius 2 is 1.70 bits per heavy atom. The summed E-state index contributed by atoms with van der Waals surface area (Å²) >= 11 is 0. The van der Waals surface area contributed by atoms with Gasteiger partial charge < -0.3 is 24.1 Å². The van der Waals surface area contributed by atoms with Crippen LogP contribution in [0.4, 0.5) is 0 Å². The van der Waals surface area contributed by atoms with Gasteiger partial charge in [-0.1, -0.05) is 0 Å². The van der Waals surface area contributed by atoms with Crippen molar-refractivity contribution >= 4 is 17.9 Å². The molecule has 0 aromatic carbocycles. The quantitative estimate of drug-likeness (QED) is 0.546. The Hall–Kier alpha value is -1.67. The fourth-order valence-corrected chi connectivity index (χ4v) is 1.91. The average molecular weight is 290 g/mol. The maximum Gasteiger partial charge on any atom is 0.303 e. The highest BCUT2D eigenvalue weighted by Gasteiger charge is 2.43. The Bertz CT molecular complexity index is 380. The number of ether oxygens (including phenoxy) is 4. The van der Waals surface area contributed by atoms with Crippen LogP contribution in [0, 0.1) is 0 Å². The molecule has 0 amide bonds. The third kappa shape index (κ3) is 5.14. The van der Waals surface area contributed by atoms with Gasteiger partial charge in [0.2, 0.25) is 0 Å². The number of aliphatic hydroxyl groups excluding tert-OH is 1. The van der Waals surface area contributed by atoms with Gasteiger partial charge in [-0.25, -0.2) is 0 Å². The summed E-state index contributed by atoms with van der Waals surface area (Å²) in [6.45, 7) is 3.39. The summed E-state index contributed by atoms with van der Waals surface area (Å²) in [6, 6.07) is 0. The van der Waals surface area contributed by atoms with Crippen molar-refractivity contribution in [2.45, 2.75) is 51.8 Å². The number of hydrogen-bond donors (Lipinski definition) is 1. The van der Waals surface area contributed by atoms with E-state index in [2.05, 4.69) is 0 Å². The monoisotopic (exact) mass is 290 g/mol. The zero-order valence-electron chi connectivity index (χ0n) is 11.5. The van der Waals surface area contributed by atoms with Gasteiger partial charge in [0.25, 0.3) is 0 Å². The standard InChI is InChI=1S/C12H18O8/c1-6(13)17-5-10-12(19-8(3)15)9(18-7(2)14)4-11(16)20-10/h9-12,16H,4-5H2,1-3H3/t9-,10-,11?,12+/m0/s1. The van der Waals surface area contributed by atoms with E-state index in [1.807, 2.05) is 0 Å². The first-order chi connectivity index (χ1) is 9.29. The molecule has 1 fully saturated rings. The van der Waals surface area contributed by atoms with Gasteiger partial charge in [-0.3, -0.25) is 14.4 Å². The van der Waals surface area contributed by atoms with Crippen molar-refractivity contribution in [3.8, 4) is 0 Å². The summed E-state index contributed by atoms with van der Waals surface area (Å²) in [6.07, 6.45) is -3.95. The van der Waals surface area contributed by atoms with Crippen LogP contribution in [0.3, 0.4) is 0 Å². The second kappa shape index (κ2) is 7.20. The number of rotatable bonds is 4. The van der Waals surface area contributed by atoms with Gasteiger partial charge >= 0.3 is 17.9 Å². The van der Waals surface area contributed by atoms with Gasteiger partial charge in [-0.05, 0) is 0 Å². The average Bonchev–Trinajstić information content (AvgIpc) is 2.28. The molecule has 20 heavy (non-hydrogen) atoms. The molecule has 0 bridgehead atoms. The summed E-state index contributed by atoms with van der Waals surface area (Å²) in [7, 11) is 0. The van der Waals surface area contributed by atoms with Crippen molar-refractivity contribution in [2.24, 2.45) is 0 Å². The molecular weight excluding hydrogens is 272 g/mol. The normalized spacial score (nSPS) is 29.4. The minimum atomic E-state index is -1.20. The molecule has 1 aliphatic heterocycles. The highest BCUT2D eigenvalue weighted by molar-refractivity contribution is 5.67. The zero-order chi connectivity index (χ0) is 15.3. The minimum absolute atomic E-state index is 0.0336. The van der Waals surface area contributed by atoms with Crippen LogP contribution in [0.25, 0.3) is 0 Å². The first kappa shape index (κ1) is 16.4. The predicted molar refractivity (Wildman–Crippen MR) is 63.2 cm³/mol. The van der Waals surface area contributed by atoms with E-state index in [1.165, 1.54) is 20.8 Å². The maximum atomic E-state index is 11.1. The van der Waals surface area contributed by atoms with Crippen molar-refractivity contribution in [3.63, 3.8) is 0 Å². The lowest BCUT2D eigenvalue weighted by Gasteiger charge is -2.38. The number of carbonyl (C=O) groups is 3. The maximum absolute atomic E-state index is 11.1. The Morgan fingerprint density at radius 1 is 1.10 bits per heavy atom. The SMILES string of the molecule is CC(=O)OC[C@@H]1OC(O)C[C@H](OC(C)=O)[C@H]1OC(C)=O. The Morgan fingerprint density at radius 3 is 2.20 bits per heavy atom. The van der Waals surface area contributed by atoms with E-state index in [1.54, 1.807) is 0 Å². The number of hydrogen-bond acceptors (Lipinski definition) is 8. The number of esters is 3. The first-order valence-corrected chi connectivity index (χ1v) is 6.11. The summed E-state index contributed by atoms with van der Waals surface area (Å²) in [5.74, 6) is -1.72. The third-order valence-electron chi connectivity index (χ3n) is 2.57. The van der Waals surface area contributed by atoms with Crippen LogP contribution in [0.5, 0.6) is 0 Å². The summed E-state index contributed by atoms with van der Waals surface area (Å²) in [5, 5.41) is 9.59. The Kier molecular flexibility index (Phi) is 5.90. The molecule has 1 rings (SSSR count). The molecule has 8 heteroatoms. The topological polar surface area (TPSA) is 108 Å². The number of carbonyl (C=O) groups excluding carboxylic acids is 3. The lowest BCUT2D eigenvalue weighted by Crippen LogP contribution is -2.53. The fraction of sp³-hybridized carbons (Fsp3) is 0.750. The molecule has 0 aliphatic carbocycles. The largest absolute Gasteiger partial charge is 0.463 e. The van der Waals surface area contributed by atoms with E-state index in [-0.39, 0.29) is 13.0 Å². The lowest BCUT2D eigenvalue weighted by molar-refractivity contribution is -0.252. The molecular formula is C12H18O8. The molecule has 8 nitrogen and oxygen atoms in total. The van der Waals surface area contributed by atoms with E-state index < -0.39 is 42.5 Å². The minimum Gasteiger partial charge on any atom is -0.463 e. The molecule has 1 heterocycles. The van der Waals surface area contributed by atoms with Crippen molar-refractivity contribution in [1.29, 1.82) is 0 Å². The second-order valence-corrected chi connectivity index (χ2v) is 4.39. The molecule has 0 saturated carbocycles. The van der Waals surface area contributed by atoms with Crippen molar-refractivity contribution in [3.05, 3.63) is 0 Å². The number of aliphatic hydroxyl groups is 1. The van der Waals surface area contributed by atoms with Gasteiger partial charge in [0.15, 0.2) is 12.4 Å². The van der Waals surface area contributed by atoms with Crippen LogP contribution in [0.1, 0.15) is 27.2 Å². The van der Waals surface area contributed by atoms with E-state index in [9.17, 15) is 19.5 Å². The molecule has 1 unspecified atom stereocenters. The molecule has 1 saturated heterocycles. The first-order valence-electron chi connectivity index (χ1n) is 6.11. The van der Waals surface area contributed by atoms with Gasteiger partial charge in [0.1, 0.15) is 18.8 Å². The smallest absolute Gasteiger partial charge is 0.303 e. The third-order valence-corrected chi connectivity index (χ3v) is 2.57. The lowest BCUT2D eigenvalue weighted by atomic mass is 10.0. The molecule has 4 atom stereocenters. The van der Waals surface area contributed by atoms with Gasteiger partial charge in [0.05, 0.1) is 0 Å². The van der Waals surface area contributed by atoms with Crippen molar-refractivity contribution in [2.75, 3.05) is 6.61 Å². The van der Waals surface area contributed by atoms with Crippen LogP contribution in [0.15, 0.2) is 0 Å². The molecule has 0 radical (unpaired) electrons. The molecule has 1 N–H and O–H groups in total. The van der Waals surface area contributed by atoms with Crippen molar-refractivity contribution in [1.82, 2.24) is 0 Å². The summed E-state index contributed by atoms with van der Waals surface area (Å²) < 4.78 is 20.0. The van der Waals surface area contributed by atoms with Gasteiger partial charge in [-0.2, -0.15) is 0 Å². The molecule has 114 valence electrons. The van der Waals surface area contributed by atoms with Crippen LogP contribution in [-0.2, 0) is 33.3 Å². The molecule has 0 aromatic heterocycles. The van der Waals surface area contributed by atoms with E-state index in [0.29, 0.717) is 0 Å². The zero-order valence-corrected chi connectivity index (χ0v) is 11.5. The highest BCUT2D eigenvalue weighted by Crippen LogP contribution is 2.25. The van der Waals surface area contributed by atoms with Crippen molar-refractivity contribution < 1.29 is 38.4 Å². The highest BCUT2D eigenvalue weighted by atomic mass is 16.7. The molecule has 1 aliphatic rings. The van der Waals surface area contributed by atoms with Crippen LogP contribution in [0.2, 0.25) is 0 Å².